The number of esters is 1. The van der Waals surface area contributed by atoms with E-state index in [0.717, 1.165) is 21.9 Å². The van der Waals surface area contributed by atoms with E-state index in [2.05, 4.69) is 5.32 Å². The molecule has 0 saturated carbocycles. The third-order valence-corrected chi connectivity index (χ3v) is 4.84. The van der Waals surface area contributed by atoms with Crippen LogP contribution in [0.1, 0.15) is 21.5 Å². The van der Waals surface area contributed by atoms with Gasteiger partial charge in [0.25, 0.3) is 5.91 Å². The number of carbonyl (C=O) groups excluding carboxylic acids is 2. The molecule has 0 unspecified atom stereocenters. The van der Waals surface area contributed by atoms with Gasteiger partial charge in [-0.25, -0.2) is 4.79 Å². The van der Waals surface area contributed by atoms with Gasteiger partial charge >= 0.3 is 5.97 Å². The molecule has 0 bridgehead atoms. The lowest BCUT2D eigenvalue weighted by molar-refractivity contribution is -0.119. The Morgan fingerprint density at radius 3 is 2.27 bits per heavy atom. The van der Waals surface area contributed by atoms with Gasteiger partial charge in [0.15, 0.2) is 6.61 Å². The summed E-state index contributed by atoms with van der Waals surface area (Å²) in [5.74, 6) is -0.880. The molecule has 4 rings (SSSR count). The molecule has 0 aliphatic carbocycles. The van der Waals surface area contributed by atoms with Crippen LogP contribution in [-0.4, -0.2) is 18.5 Å². The van der Waals surface area contributed by atoms with Crippen LogP contribution in [0.4, 0.5) is 5.69 Å². The van der Waals surface area contributed by atoms with E-state index in [-0.39, 0.29) is 12.5 Å². The summed E-state index contributed by atoms with van der Waals surface area (Å²) in [6.45, 7) is -0.342. The molecule has 4 aromatic rings. The van der Waals surface area contributed by atoms with E-state index in [1.54, 1.807) is 12.1 Å². The van der Waals surface area contributed by atoms with Crippen molar-refractivity contribution in [3.8, 4) is 0 Å². The maximum Gasteiger partial charge on any atom is 0.338 e. The fourth-order valence-corrected chi connectivity index (χ4v) is 3.36. The summed E-state index contributed by atoms with van der Waals surface area (Å²) in [4.78, 5) is 24.9. The van der Waals surface area contributed by atoms with Gasteiger partial charge in [0.1, 0.15) is 0 Å². The highest BCUT2D eigenvalue weighted by Gasteiger charge is 2.14. The summed E-state index contributed by atoms with van der Waals surface area (Å²) < 4.78 is 5.28. The predicted octanol–water partition coefficient (Wildman–Crippen LogP) is 5.23. The minimum Gasteiger partial charge on any atom is -0.452 e. The van der Waals surface area contributed by atoms with Crippen molar-refractivity contribution >= 4 is 28.3 Å². The van der Waals surface area contributed by atoms with E-state index < -0.39 is 5.97 Å². The Hall–Kier alpha value is -3.92. The zero-order chi connectivity index (χ0) is 20.8. The Morgan fingerprint density at radius 1 is 0.733 bits per heavy atom. The Morgan fingerprint density at radius 2 is 1.43 bits per heavy atom. The minimum absolute atomic E-state index is 0.342. The van der Waals surface area contributed by atoms with E-state index in [0.29, 0.717) is 17.7 Å². The second kappa shape index (κ2) is 9.05. The normalized spacial score (nSPS) is 10.5. The van der Waals surface area contributed by atoms with Gasteiger partial charge in [-0.2, -0.15) is 0 Å². The Labute approximate surface area is 175 Å². The first kappa shape index (κ1) is 19.4. The van der Waals surface area contributed by atoms with Crippen LogP contribution < -0.4 is 5.32 Å². The van der Waals surface area contributed by atoms with Crippen LogP contribution >= 0.6 is 0 Å². The number of amides is 1. The number of hydrogen-bond acceptors (Lipinski definition) is 3. The lowest BCUT2D eigenvalue weighted by Crippen LogP contribution is -2.21. The Bertz CT molecular complexity index is 1190. The minimum atomic E-state index is -0.504. The van der Waals surface area contributed by atoms with Crippen LogP contribution in [0.25, 0.3) is 10.8 Å². The quantitative estimate of drug-likeness (QED) is 0.455. The summed E-state index contributed by atoms with van der Waals surface area (Å²) in [5, 5.41) is 4.90. The molecule has 4 heteroatoms. The lowest BCUT2D eigenvalue weighted by Gasteiger charge is -2.10. The zero-order valence-electron chi connectivity index (χ0n) is 16.4. The first-order valence-electron chi connectivity index (χ1n) is 9.77. The molecule has 30 heavy (non-hydrogen) atoms. The molecule has 0 heterocycles. The lowest BCUT2D eigenvalue weighted by atomic mass is 10.00. The highest BCUT2D eigenvalue weighted by atomic mass is 16.5. The molecule has 4 aromatic carbocycles. The summed E-state index contributed by atoms with van der Waals surface area (Å²) in [5.41, 5.74) is 3.11. The molecule has 0 spiro atoms. The van der Waals surface area contributed by atoms with Crippen LogP contribution in [0.5, 0.6) is 0 Å². The van der Waals surface area contributed by atoms with Crippen LogP contribution in [0.2, 0.25) is 0 Å². The van der Waals surface area contributed by atoms with Gasteiger partial charge in [-0.3, -0.25) is 4.79 Å². The number of rotatable bonds is 6. The molecular formula is C26H21NO3. The van der Waals surface area contributed by atoms with Gasteiger partial charge in [0.05, 0.1) is 5.56 Å². The number of benzene rings is 4. The van der Waals surface area contributed by atoms with Gasteiger partial charge in [0.2, 0.25) is 0 Å². The molecule has 1 amide bonds. The maximum atomic E-state index is 12.6. The Kier molecular flexibility index (Phi) is 5.85. The van der Waals surface area contributed by atoms with Crippen molar-refractivity contribution < 1.29 is 14.3 Å². The summed E-state index contributed by atoms with van der Waals surface area (Å²) in [6.07, 6.45) is 0.620. The molecule has 0 saturated heterocycles. The van der Waals surface area contributed by atoms with Crippen LogP contribution in [-0.2, 0) is 16.0 Å². The molecule has 0 atom stereocenters. The van der Waals surface area contributed by atoms with Gasteiger partial charge in [-0.15, -0.1) is 0 Å². The van der Waals surface area contributed by atoms with Crippen LogP contribution in [0, 0.1) is 0 Å². The second-order valence-electron chi connectivity index (χ2n) is 7.01. The van der Waals surface area contributed by atoms with Crippen LogP contribution in [0.3, 0.4) is 0 Å². The average Bonchev–Trinajstić information content (AvgIpc) is 2.78. The van der Waals surface area contributed by atoms with Crippen molar-refractivity contribution in [2.75, 3.05) is 11.9 Å². The van der Waals surface area contributed by atoms with E-state index in [1.165, 1.54) is 0 Å². The molecule has 0 aromatic heterocycles. The van der Waals surface area contributed by atoms with Gasteiger partial charge in [-0.1, -0.05) is 78.9 Å². The molecule has 0 radical (unpaired) electrons. The van der Waals surface area contributed by atoms with Gasteiger partial charge in [-0.05, 0) is 46.5 Å². The first-order chi connectivity index (χ1) is 14.7. The van der Waals surface area contributed by atoms with E-state index in [4.69, 9.17) is 4.74 Å². The average molecular weight is 395 g/mol. The number of anilines is 1. The molecule has 4 nitrogen and oxygen atoms in total. The molecular weight excluding hydrogens is 374 g/mol. The van der Waals surface area contributed by atoms with Crippen LogP contribution in [0.15, 0.2) is 97.1 Å². The summed E-state index contributed by atoms with van der Waals surface area (Å²) in [6, 6.07) is 30.8. The fourth-order valence-electron chi connectivity index (χ4n) is 3.36. The molecule has 1 N–H and O–H groups in total. The highest BCUT2D eigenvalue weighted by Crippen LogP contribution is 2.19. The third kappa shape index (κ3) is 4.73. The maximum absolute atomic E-state index is 12.6. The molecule has 0 aliphatic heterocycles. The van der Waals surface area contributed by atoms with Gasteiger partial charge < -0.3 is 10.1 Å². The zero-order valence-corrected chi connectivity index (χ0v) is 16.4. The number of hydrogen-bond donors (Lipinski definition) is 1. The third-order valence-electron chi connectivity index (χ3n) is 4.84. The Balaban J connectivity index is 1.39. The standard InChI is InChI=1S/C26H21NO3/c28-25(27-23-15-14-20-10-4-5-11-21(20)17-23)18-30-26(29)24-13-7-6-12-22(24)16-19-8-2-1-3-9-19/h1-15,17H,16,18H2,(H,27,28). The second-order valence-corrected chi connectivity index (χ2v) is 7.01. The van der Waals surface area contributed by atoms with Crippen molar-refractivity contribution in [1.29, 1.82) is 0 Å². The topological polar surface area (TPSA) is 55.4 Å². The smallest absolute Gasteiger partial charge is 0.338 e. The summed E-state index contributed by atoms with van der Waals surface area (Å²) >= 11 is 0. The van der Waals surface area contributed by atoms with Gasteiger partial charge in [0, 0.05) is 5.69 Å². The van der Waals surface area contributed by atoms with Crippen molar-refractivity contribution in [1.82, 2.24) is 0 Å². The van der Waals surface area contributed by atoms with Crippen molar-refractivity contribution in [2.45, 2.75) is 6.42 Å². The van der Waals surface area contributed by atoms with E-state index in [9.17, 15) is 9.59 Å². The number of ether oxygens (including phenoxy) is 1. The molecule has 0 fully saturated rings. The molecule has 148 valence electrons. The number of carbonyl (C=O) groups is 2. The fraction of sp³-hybridized carbons (Fsp3) is 0.0769. The number of fused-ring (bicyclic) bond motifs is 1. The molecule has 0 aliphatic rings. The largest absolute Gasteiger partial charge is 0.452 e. The van der Waals surface area contributed by atoms with Crippen molar-refractivity contribution in [2.24, 2.45) is 0 Å². The predicted molar refractivity (Wildman–Crippen MR) is 119 cm³/mol. The van der Waals surface area contributed by atoms with Crippen molar-refractivity contribution in [3.05, 3.63) is 114 Å². The number of nitrogens with one attached hydrogen (secondary N) is 1. The van der Waals surface area contributed by atoms with E-state index >= 15 is 0 Å². The first-order valence-corrected chi connectivity index (χ1v) is 9.77. The van der Waals surface area contributed by atoms with E-state index in [1.807, 2.05) is 84.9 Å². The van der Waals surface area contributed by atoms with Crippen molar-refractivity contribution in [3.63, 3.8) is 0 Å². The summed E-state index contributed by atoms with van der Waals surface area (Å²) in [7, 11) is 0. The monoisotopic (exact) mass is 395 g/mol. The highest BCUT2D eigenvalue weighted by molar-refractivity contribution is 5.97. The SMILES string of the molecule is O=C(COC(=O)c1ccccc1Cc1ccccc1)Nc1ccc2ccccc2c1.